The van der Waals surface area contributed by atoms with E-state index in [-0.39, 0.29) is 0 Å². The van der Waals surface area contributed by atoms with Gasteiger partial charge >= 0.3 is 0 Å². The molecular formula is C62H40N6. The molecule has 4 aromatic heterocycles. The maximum absolute atomic E-state index is 5.44. The number of hydrogen-bond donors (Lipinski definition) is 0. The second kappa shape index (κ2) is 16.3. The molecule has 13 aromatic rings. The Morgan fingerprint density at radius 1 is 0.250 bits per heavy atom. The van der Waals surface area contributed by atoms with Crippen LogP contribution < -0.4 is 0 Å². The quantitative estimate of drug-likeness (QED) is 0.153. The van der Waals surface area contributed by atoms with E-state index in [9.17, 15) is 0 Å². The summed E-state index contributed by atoms with van der Waals surface area (Å²) < 4.78 is 4.77. The van der Waals surface area contributed by atoms with Crippen molar-refractivity contribution in [3.63, 3.8) is 0 Å². The molecule has 68 heavy (non-hydrogen) atoms. The number of fused-ring (bicyclic) bond motifs is 6. The van der Waals surface area contributed by atoms with Gasteiger partial charge in [0.1, 0.15) is 0 Å². The van der Waals surface area contributed by atoms with E-state index in [1.54, 1.807) is 0 Å². The summed E-state index contributed by atoms with van der Waals surface area (Å²) in [5.74, 6) is 1.26. The van der Waals surface area contributed by atoms with Gasteiger partial charge in [-0.25, -0.2) is 19.9 Å². The van der Waals surface area contributed by atoms with Crippen LogP contribution in [0.25, 0.3) is 123 Å². The summed E-state index contributed by atoms with van der Waals surface area (Å²) in [6.07, 6.45) is 0. The zero-order valence-corrected chi connectivity index (χ0v) is 36.8. The number of aromatic nitrogens is 6. The summed E-state index contributed by atoms with van der Waals surface area (Å²) in [5, 5.41) is 4.77. The summed E-state index contributed by atoms with van der Waals surface area (Å²) in [7, 11) is 0. The molecule has 0 bridgehead atoms. The van der Waals surface area contributed by atoms with Crippen LogP contribution in [0.5, 0.6) is 0 Å². The minimum Gasteiger partial charge on any atom is -0.309 e. The van der Waals surface area contributed by atoms with Crippen molar-refractivity contribution < 1.29 is 0 Å². The third-order valence-electron chi connectivity index (χ3n) is 13.0. The summed E-state index contributed by atoms with van der Waals surface area (Å²) in [5.41, 5.74) is 15.7. The van der Waals surface area contributed by atoms with Gasteiger partial charge in [-0.15, -0.1) is 0 Å². The second-order valence-corrected chi connectivity index (χ2v) is 17.0. The molecular weight excluding hydrogens is 829 g/mol. The predicted molar refractivity (Wildman–Crippen MR) is 279 cm³/mol. The summed E-state index contributed by atoms with van der Waals surface area (Å²) in [4.78, 5) is 21.3. The van der Waals surface area contributed by atoms with E-state index in [0.717, 1.165) is 89.3 Å². The maximum Gasteiger partial charge on any atom is 0.162 e. The highest BCUT2D eigenvalue weighted by Gasteiger charge is 2.22. The zero-order valence-electron chi connectivity index (χ0n) is 36.8. The van der Waals surface area contributed by atoms with Gasteiger partial charge in [-0.1, -0.05) is 182 Å². The van der Waals surface area contributed by atoms with E-state index < -0.39 is 0 Å². The maximum atomic E-state index is 5.44. The van der Waals surface area contributed by atoms with Crippen molar-refractivity contribution in [2.24, 2.45) is 0 Å². The monoisotopic (exact) mass is 868 g/mol. The SMILES string of the molecule is c1ccc(-c2cc(-c3ccc(-n4c5ccccc5c5cc(-n6c7ccccc7c7ccccc76)ccc54)c(-c4nc(-c5ccccc5)cc(-c5ccccc5)n4)c3)nc(-c3ccccc3)n2)cc1. The lowest BCUT2D eigenvalue weighted by Crippen LogP contribution is -2.03. The molecule has 0 spiro atoms. The lowest BCUT2D eigenvalue weighted by molar-refractivity contribution is 1.13. The lowest BCUT2D eigenvalue weighted by Gasteiger charge is -2.17. The first-order valence-corrected chi connectivity index (χ1v) is 22.9. The van der Waals surface area contributed by atoms with Gasteiger partial charge in [0.05, 0.1) is 50.5 Å². The molecule has 6 heteroatoms. The van der Waals surface area contributed by atoms with Crippen molar-refractivity contribution in [2.45, 2.75) is 0 Å². The van der Waals surface area contributed by atoms with E-state index in [0.29, 0.717) is 11.6 Å². The zero-order chi connectivity index (χ0) is 45.0. The van der Waals surface area contributed by atoms with Crippen LogP contribution in [0.15, 0.2) is 243 Å². The summed E-state index contributed by atoms with van der Waals surface area (Å²) in [6.45, 7) is 0. The standard InChI is InChI=1S/C62H40N6/c1-5-19-41(20-6-1)52-40-55(64-61(63-52)44-25-11-4-12-26-44)45-33-35-60(51(37-45)62-65-53(42-21-7-2-8-22-42)39-54(66-62)43-23-9-3-10-24-43)68-58-32-18-15-29-49(58)50-38-46(34-36-59(50)68)67-56-30-16-13-27-47(56)48-28-14-17-31-57(48)67/h1-40H. The highest BCUT2D eigenvalue weighted by molar-refractivity contribution is 6.12. The van der Waals surface area contributed by atoms with Gasteiger partial charge in [0.2, 0.25) is 0 Å². The Bertz CT molecular complexity index is 3840. The molecule has 0 aliphatic carbocycles. The average molecular weight is 869 g/mol. The number of nitrogens with zero attached hydrogens (tertiary/aromatic N) is 6. The molecule has 0 aliphatic heterocycles. The van der Waals surface area contributed by atoms with E-state index in [1.807, 2.05) is 48.5 Å². The van der Waals surface area contributed by atoms with E-state index >= 15 is 0 Å². The molecule has 0 unspecified atom stereocenters. The van der Waals surface area contributed by atoms with Crippen LogP contribution in [0.4, 0.5) is 0 Å². The molecule has 0 saturated heterocycles. The molecule has 0 aliphatic rings. The van der Waals surface area contributed by atoms with E-state index in [1.165, 1.54) is 21.8 Å². The van der Waals surface area contributed by atoms with Gasteiger partial charge in [0.15, 0.2) is 11.6 Å². The molecule has 13 rings (SSSR count). The van der Waals surface area contributed by atoms with E-state index in [2.05, 4.69) is 203 Å². The van der Waals surface area contributed by atoms with Crippen LogP contribution in [-0.2, 0) is 0 Å². The molecule has 9 aromatic carbocycles. The third kappa shape index (κ3) is 6.74. The Labute approximate surface area is 392 Å². The fourth-order valence-electron chi connectivity index (χ4n) is 9.78. The van der Waals surface area contributed by atoms with Crippen molar-refractivity contribution in [3.8, 4) is 79.2 Å². The molecule has 0 radical (unpaired) electrons. The van der Waals surface area contributed by atoms with E-state index in [4.69, 9.17) is 19.9 Å². The van der Waals surface area contributed by atoms with Gasteiger partial charge in [-0.2, -0.15) is 0 Å². The van der Waals surface area contributed by atoms with Crippen LogP contribution in [0.3, 0.4) is 0 Å². The Hall–Kier alpha value is -9.26. The average Bonchev–Trinajstić information content (AvgIpc) is 3.94. The molecule has 0 saturated carbocycles. The minimum atomic E-state index is 0.607. The Morgan fingerprint density at radius 2 is 0.647 bits per heavy atom. The fraction of sp³-hybridized carbons (Fsp3) is 0. The first-order chi connectivity index (χ1) is 33.7. The number of hydrogen-bond acceptors (Lipinski definition) is 4. The Kier molecular flexibility index (Phi) is 9.39. The Balaban J connectivity index is 1.08. The van der Waals surface area contributed by atoms with Crippen LogP contribution in [0.1, 0.15) is 0 Å². The molecule has 318 valence electrons. The van der Waals surface area contributed by atoms with Crippen molar-refractivity contribution in [3.05, 3.63) is 243 Å². The Morgan fingerprint density at radius 3 is 1.16 bits per heavy atom. The van der Waals surface area contributed by atoms with Gasteiger partial charge in [0, 0.05) is 60.6 Å². The predicted octanol–water partition coefficient (Wildman–Crippen LogP) is 15.5. The number of para-hydroxylation sites is 3. The molecule has 0 fully saturated rings. The first-order valence-electron chi connectivity index (χ1n) is 22.9. The van der Waals surface area contributed by atoms with Gasteiger partial charge in [-0.05, 0) is 60.7 Å². The molecule has 4 heterocycles. The fourth-order valence-corrected chi connectivity index (χ4v) is 9.78. The lowest BCUT2D eigenvalue weighted by atomic mass is 10.0. The third-order valence-corrected chi connectivity index (χ3v) is 13.0. The van der Waals surface area contributed by atoms with Crippen molar-refractivity contribution in [2.75, 3.05) is 0 Å². The van der Waals surface area contributed by atoms with Crippen molar-refractivity contribution in [1.82, 2.24) is 29.1 Å². The topological polar surface area (TPSA) is 61.4 Å². The van der Waals surface area contributed by atoms with Crippen molar-refractivity contribution >= 4 is 43.6 Å². The largest absolute Gasteiger partial charge is 0.309 e. The number of benzene rings is 9. The highest BCUT2D eigenvalue weighted by Crippen LogP contribution is 2.41. The van der Waals surface area contributed by atoms with Gasteiger partial charge < -0.3 is 9.13 Å². The van der Waals surface area contributed by atoms with Crippen LogP contribution in [0, 0.1) is 0 Å². The van der Waals surface area contributed by atoms with Gasteiger partial charge in [-0.3, -0.25) is 0 Å². The van der Waals surface area contributed by atoms with Crippen LogP contribution in [-0.4, -0.2) is 29.1 Å². The minimum absolute atomic E-state index is 0.607. The summed E-state index contributed by atoms with van der Waals surface area (Å²) >= 11 is 0. The normalized spacial score (nSPS) is 11.5. The summed E-state index contributed by atoms with van der Waals surface area (Å²) in [6, 6.07) is 84.9. The number of rotatable bonds is 8. The second-order valence-electron chi connectivity index (χ2n) is 17.0. The first kappa shape index (κ1) is 39.1. The smallest absolute Gasteiger partial charge is 0.162 e. The highest BCUT2D eigenvalue weighted by atomic mass is 15.0. The van der Waals surface area contributed by atoms with Gasteiger partial charge in [0.25, 0.3) is 0 Å². The van der Waals surface area contributed by atoms with Crippen LogP contribution in [0.2, 0.25) is 0 Å². The molecule has 0 N–H and O–H groups in total. The molecule has 0 atom stereocenters. The van der Waals surface area contributed by atoms with Crippen LogP contribution >= 0.6 is 0 Å². The molecule has 6 nitrogen and oxygen atoms in total. The molecule has 0 amide bonds. The van der Waals surface area contributed by atoms with Crippen molar-refractivity contribution in [1.29, 1.82) is 0 Å².